The molecule has 136 valence electrons. The van der Waals surface area contributed by atoms with Crippen LogP contribution in [0.1, 0.15) is 51.9 Å². The molecule has 0 aromatic heterocycles. The van der Waals surface area contributed by atoms with Gasteiger partial charge in [-0.1, -0.05) is 82.5 Å². The van der Waals surface area contributed by atoms with E-state index in [1.165, 1.54) is 56.1 Å². The lowest BCUT2D eigenvalue weighted by molar-refractivity contribution is 0.0569. The molecule has 0 amide bonds. The van der Waals surface area contributed by atoms with Gasteiger partial charge >= 0.3 is 0 Å². The lowest BCUT2D eigenvalue weighted by atomic mass is 9.58. The van der Waals surface area contributed by atoms with Crippen LogP contribution in [-0.4, -0.2) is 0 Å². The van der Waals surface area contributed by atoms with Gasteiger partial charge in [-0.05, 0) is 72.8 Å². The van der Waals surface area contributed by atoms with Gasteiger partial charge in [0.15, 0.2) is 0 Å². The molecule has 2 aliphatic rings. The van der Waals surface area contributed by atoms with Gasteiger partial charge in [0.25, 0.3) is 0 Å². The quantitative estimate of drug-likeness (QED) is 0.404. The number of rotatable bonds is 8. The van der Waals surface area contributed by atoms with Crippen LogP contribution < -0.4 is 0 Å². The number of hydrogen-bond acceptors (Lipinski definition) is 0. The van der Waals surface area contributed by atoms with Gasteiger partial charge in [-0.25, -0.2) is 0 Å². The summed E-state index contributed by atoms with van der Waals surface area (Å²) in [5, 5.41) is 0. The fraction of sp³-hybridized carbons (Fsp3) is 0.520. The first-order valence-corrected chi connectivity index (χ1v) is 10.1. The van der Waals surface area contributed by atoms with Gasteiger partial charge in [-0.3, -0.25) is 0 Å². The second-order valence-electron chi connectivity index (χ2n) is 7.86. The molecule has 5 atom stereocenters. The topological polar surface area (TPSA) is 0 Å². The Labute approximate surface area is 155 Å². The minimum atomic E-state index is 0.674. The molecule has 0 spiro atoms. The first-order chi connectivity index (χ1) is 12.2. The lowest BCUT2D eigenvalue weighted by Crippen LogP contribution is -2.38. The number of allylic oxidation sites excluding steroid dienone is 8. The fourth-order valence-corrected chi connectivity index (χ4v) is 5.43. The van der Waals surface area contributed by atoms with Crippen LogP contribution in [0, 0.1) is 29.6 Å². The van der Waals surface area contributed by atoms with E-state index in [4.69, 9.17) is 0 Å². The zero-order valence-corrected chi connectivity index (χ0v) is 16.1. The van der Waals surface area contributed by atoms with Crippen molar-refractivity contribution in [1.29, 1.82) is 0 Å². The van der Waals surface area contributed by atoms with E-state index in [9.17, 15) is 0 Å². The monoisotopic (exact) mass is 336 g/mol. The summed E-state index contributed by atoms with van der Waals surface area (Å²) in [6.07, 6.45) is 21.6. The second kappa shape index (κ2) is 9.80. The van der Waals surface area contributed by atoms with E-state index < -0.39 is 0 Å². The van der Waals surface area contributed by atoms with Crippen molar-refractivity contribution in [2.45, 2.75) is 51.9 Å². The smallest absolute Gasteiger partial charge is 0.0157 e. The minimum Gasteiger partial charge on any atom is -0.0991 e. The van der Waals surface area contributed by atoms with E-state index in [0.717, 1.165) is 17.8 Å². The molecule has 0 radical (unpaired) electrons. The Balaban J connectivity index is 2.19. The summed E-state index contributed by atoms with van der Waals surface area (Å²) in [5.41, 5.74) is 2.79. The summed E-state index contributed by atoms with van der Waals surface area (Å²) < 4.78 is 0. The summed E-state index contributed by atoms with van der Waals surface area (Å²) in [4.78, 5) is 0. The van der Waals surface area contributed by atoms with E-state index in [1.54, 1.807) is 0 Å². The number of hydrogen-bond donors (Lipinski definition) is 0. The highest BCUT2D eigenvalue weighted by molar-refractivity contribution is 5.27. The maximum atomic E-state index is 4.05. The number of fused-ring (bicyclic) bond motifs is 1. The first-order valence-electron chi connectivity index (χ1n) is 10.1. The Kier molecular flexibility index (Phi) is 7.75. The lowest BCUT2D eigenvalue weighted by Gasteiger charge is -2.47. The molecule has 0 aromatic carbocycles. The van der Waals surface area contributed by atoms with Crippen molar-refractivity contribution < 1.29 is 0 Å². The first kappa shape index (κ1) is 19.8. The molecular weight excluding hydrogens is 300 g/mol. The van der Waals surface area contributed by atoms with Crippen molar-refractivity contribution in [3.8, 4) is 0 Å². The Morgan fingerprint density at radius 2 is 1.48 bits per heavy atom. The standard InChI is InChI=1S/C25H36/c1-6-11-19(9-4)21-14-15-23-17-24(20(10-5)12-7-2)16-22(13-8-3)25(23)18-21/h6-7,9-12,21-25H,1-2,4-5,8,13-18H2,3H3/b19-11+,20-12+. The molecule has 2 aliphatic carbocycles. The second-order valence-corrected chi connectivity index (χ2v) is 7.86. The predicted octanol–water partition coefficient (Wildman–Crippen LogP) is 7.44. The van der Waals surface area contributed by atoms with Gasteiger partial charge in [0.2, 0.25) is 0 Å². The highest BCUT2D eigenvalue weighted by Gasteiger charge is 2.41. The molecule has 2 saturated carbocycles. The molecule has 0 heteroatoms. The van der Waals surface area contributed by atoms with Crippen LogP contribution in [0.5, 0.6) is 0 Å². The minimum absolute atomic E-state index is 0.674. The highest BCUT2D eigenvalue weighted by Crippen LogP contribution is 2.51. The molecule has 25 heavy (non-hydrogen) atoms. The van der Waals surface area contributed by atoms with E-state index in [-0.39, 0.29) is 0 Å². The van der Waals surface area contributed by atoms with Crippen LogP contribution >= 0.6 is 0 Å². The predicted molar refractivity (Wildman–Crippen MR) is 112 cm³/mol. The van der Waals surface area contributed by atoms with Gasteiger partial charge in [0.1, 0.15) is 0 Å². The summed E-state index contributed by atoms with van der Waals surface area (Å²) in [6.45, 7) is 18.2. The Bertz CT molecular complexity index is 544. The zero-order chi connectivity index (χ0) is 18.2. The molecule has 0 N–H and O–H groups in total. The van der Waals surface area contributed by atoms with Gasteiger partial charge in [-0.15, -0.1) is 0 Å². The SMILES string of the molecule is C=C/C=C(\C=C)C1CC(CCC)C2CC(/C(C=C)=C/C=C)CCC2C1. The molecule has 0 nitrogen and oxygen atoms in total. The van der Waals surface area contributed by atoms with Gasteiger partial charge in [-0.2, -0.15) is 0 Å². The van der Waals surface area contributed by atoms with Crippen LogP contribution in [0.4, 0.5) is 0 Å². The van der Waals surface area contributed by atoms with Crippen LogP contribution in [0.15, 0.2) is 73.9 Å². The van der Waals surface area contributed by atoms with Crippen molar-refractivity contribution in [2.24, 2.45) is 29.6 Å². The molecule has 0 saturated heterocycles. The van der Waals surface area contributed by atoms with Crippen LogP contribution in [0.25, 0.3) is 0 Å². The molecule has 2 fully saturated rings. The third-order valence-electron chi connectivity index (χ3n) is 6.52. The van der Waals surface area contributed by atoms with E-state index in [2.05, 4.69) is 57.5 Å². The van der Waals surface area contributed by atoms with Gasteiger partial charge < -0.3 is 0 Å². The summed E-state index contributed by atoms with van der Waals surface area (Å²) in [7, 11) is 0. The van der Waals surface area contributed by atoms with E-state index >= 15 is 0 Å². The largest absolute Gasteiger partial charge is 0.0991 e. The van der Waals surface area contributed by atoms with Crippen LogP contribution in [0.3, 0.4) is 0 Å². The molecule has 0 aromatic rings. The molecular formula is C25H36. The molecule has 0 heterocycles. The average molecular weight is 337 g/mol. The zero-order valence-electron chi connectivity index (χ0n) is 16.1. The molecule has 2 rings (SSSR count). The summed E-state index contributed by atoms with van der Waals surface area (Å²) in [5.74, 6) is 3.94. The van der Waals surface area contributed by atoms with Crippen molar-refractivity contribution >= 4 is 0 Å². The van der Waals surface area contributed by atoms with Crippen molar-refractivity contribution in [1.82, 2.24) is 0 Å². The Hall–Kier alpha value is -1.56. The van der Waals surface area contributed by atoms with E-state index in [1.807, 2.05) is 12.2 Å². The molecule has 5 unspecified atom stereocenters. The van der Waals surface area contributed by atoms with Crippen LogP contribution in [-0.2, 0) is 0 Å². The van der Waals surface area contributed by atoms with Crippen LogP contribution in [0.2, 0.25) is 0 Å². The van der Waals surface area contributed by atoms with Gasteiger partial charge in [0.05, 0.1) is 0 Å². The molecule has 0 bridgehead atoms. The Morgan fingerprint density at radius 3 is 2.04 bits per heavy atom. The normalized spacial score (nSPS) is 33.2. The fourth-order valence-electron chi connectivity index (χ4n) is 5.43. The summed E-state index contributed by atoms with van der Waals surface area (Å²) >= 11 is 0. The van der Waals surface area contributed by atoms with Crippen molar-refractivity contribution in [3.63, 3.8) is 0 Å². The maximum Gasteiger partial charge on any atom is -0.0157 e. The van der Waals surface area contributed by atoms with E-state index in [0.29, 0.717) is 11.8 Å². The van der Waals surface area contributed by atoms with Gasteiger partial charge in [0, 0.05) is 0 Å². The van der Waals surface area contributed by atoms with Crippen molar-refractivity contribution in [3.05, 3.63) is 73.9 Å². The third-order valence-corrected chi connectivity index (χ3v) is 6.52. The average Bonchev–Trinajstić information content (AvgIpc) is 2.64. The maximum absolute atomic E-state index is 4.05. The molecule has 0 aliphatic heterocycles. The summed E-state index contributed by atoms with van der Waals surface area (Å²) in [6, 6.07) is 0. The Morgan fingerprint density at radius 1 is 0.840 bits per heavy atom. The third kappa shape index (κ3) is 4.75. The highest BCUT2D eigenvalue weighted by atomic mass is 14.5. The van der Waals surface area contributed by atoms with Crippen molar-refractivity contribution in [2.75, 3.05) is 0 Å².